The minimum absolute atomic E-state index is 0.0345. The van der Waals surface area contributed by atoms with Gasteiger partial charge in [0.25, 0.3) is 0 Å². The van der Waals surface area contributed by atoms with E-state index in [2.05, 4.69) is 15.9 Å². The Morgan fingerprint density at radius 3 is 2.69 bits per heavy atom. The molecule has 1 aliphatic rings. The summed E-state index contributed by atoms with van der Waals surface area (Å²) < 4.78 is 41.9. The van der Waals surface area contributed by atoms with Crippen molar-refractivity contribution in [2.24, 2.45) is 0 Å². The SMILES string of the molecule is Fc1cc(Br)cc(OCC2OCCO2)c1F. The van der Waals surface area contributed by atoms with E-state index in [0.29, 0.717) is 17.7 Å². The normalized spacial score (nSPS) is 16.7. The molecule has 0 atom stereocenters. The van der Waals surface area contributed by atoms with E-state index in [1.54, 1.807) is 0 Å². The second-order valence-electron chi connectivity index (χ2n) is 3.18. The van der Waals surface area contributed by atoms with Gasteiger partial charge in [0.05, 0.1) is 13.2 Å². The van der Waals surface area contributed by atoms with Gasteiger partial charge in [-0.05, 0) is 12.1 Å². The molecule has 1 saturated heterocycles. The Morgan fingerprint density at radius 1 is 1.31 bits per heavy atom. The van der Waals surface area contributed by atoms with E-state index >= 15 is 0 Å². The van der Waals surface area contributed by atoms with Crippen molar-refractivity contribution in [2.45, 2.75) is 6.29 Å². The Morgan fingerprint density at radius 2 is 2.00 bits per heavy atom. The van der Waals surface area contributed by atoms with E-state index in [1.165, 1.54) is 6.07 Å². The number of rotatable bonds is 3. The first-order valence-electron chi connectivity index (χ1n) is 4.67. The van der Waals surface area contributed by atoms with Crippen molar-refractivity contribution >= 4 is 15.9 Å². The molecule has 1 heterocycles. The van der Waals surface area contributed by atoms with E-state index in [4.69, 9.17) is 14.2 Å². The highest BCUT2D eigenvalue weighted by atomic mass is 79.9. The second kappa shape index (κ2) is 5.07. The predicted molar refractivity (Wildman–Crippen MR) is 55.2 cm³/mol. The second-order valence-corrected chi connectivity index (χ2v) is 4.10. The van der Waals surface area contributed by atoms with Gasteiger partial charge >= 0.3 is 0 Å². The van der Waals surface area contributed by atoms with Crippen LogP contribution in [0.1, 0.15) is 0 Å². The molecule has 0 aromatic heterocycles. The van der Waals surface area contributed by atoms with Crippen molar-refractivity contribution in [2.75, 3.05) is 19.8 Å². The van der Waals surface area contributed by atoms with Gasteiger partial charge in [0, 0.05) is 4.47 Å². The molecular formula is C10H9BrF2O3. The minimum atomic E-state index is -1.01. The molecular weight excluding hydrogens is 286 g/mol. The maximum Gasteiger partial charge on any atom is 0.200 e. The lowest BCUT2D eigenvalue weighted by atomic mass is 10.3. The summed E-state index contributed by atoms with van der Waals surface area (Å²) in [5.41, 5.74) is 0. The molecule has 0 bridgehead atoms. The Bertz CT molecular complexity index is 381. The van der Waals surface area contributed by atoms with Gasteiger partial charge in [-0.2, -0.15) is 4.39 Å². The van der Waals surface area contributed by atoms with Gasteiger partial charge in [0.15, 0.2) is 17.9 Å². The maximum absolute atomic E-state index is 13.3. The molecule has 1 aromatic rings. The van der Waals surface area contributed by atoms with Crippen LogP contribution >= 0.6 is 15.9 Å². The van der Waals surface area contributed by atoms with Gasteiger partial charge in [-0.1, -0.05) is 15.9 Å². The number of hydrogen-bond donors (Lipinski definition) is 0. The highest BCUT2D eigenvalue weighted by molar-refractivity contribution is 9.10. The predicted octanol–water partition coefficient (Wildman–Crippen LogP) is 2.48. The first-order valence-corrected chi connectivity index (χ1v) is 5.46. The van der Waals surface area contributed by atoms with Crippen LogP contribution in [0.2, 0.25) is 0 Å². The minimum Gasteiger partial charge on any atom is -0.485 e. The number of hydrogen-bond acceptors (Lipinski definition) is 3. The van der Waals surface area contributed by atoms with Crippen molar-refractivity contribution in [3.63, 3.8) is 0 Å². The smallest absolute Gasteiger partial charge is 0.200 e. The third-order valence-corrected chi connectivity index (χ3v) is 2.48. The lowest BCUT2D eigenvalue weighted by molar-refractivity contribution is -0.0690. The molecule has 88 valence electrons. The van der Waals surface area contributed by atoms with Crippen molar-refractivity contribution < 1.29 is 23.0 Å². The van der Waals surface area contributed by atoms with Gasteiger partial charge in [-0.15, -0.1) is 0 Å². The number of benzene rings is 1. The standard InChI is InChI=1S/C10H9BrF2O3/c11-6-3-7(12)10(13)8(4-6)16-5-9-14-1-2-15-9/h3-4,9H,1-2,5H2. The van der Waals surface area contributed by atoms with Gasteiger partial charge < -0.3 is 14.2 Å². The summed E-state index contributed by atoms with van der Waals surface area (Å²) >= 11 is 3.05. The van der Waals surface area contributed by atoms with Crippen LogP contribution in [0.3, 0.4) is 0 Å². The molecule has 0 N–H and O–H groups in total. The van der Waals surface area contributed by atoms with Crippen LogP contribution in [-0.2, 0) is 9.47 Å². The molecule has 2 rings (SSSR count). The molecule has 0 radical (unpaired) electrons. The van der Waals surface area contributed by atoms with E-state index < -0.39 is 17.9 Å². The van der Waals surface area contributed by atoms with Crippen LogP contribution in [-0.4, -0.2) is 26.1 Å². The summed E-state index contributed by atoms with van der Waals surface area (Å²) in [6.07, 6.45) is -0.513. The monoisotopic (exact) mass is 294 g/mol. The van der Waals surface area contributed by atoms with Crippen LogP contribution in [0.25, 0.3) is 0 Å². The zero-order valence-electron chi connectivity index (χ0n) is 8.21. The van der Waals surface area contributed by atoms with E-state index in [9.17, 15) is 8.78 Å². The zero-order chi connectivity index (χ0) is 11.5. The summed E-state index contributed by atoms with van der Waals surface area (Å²) in [5, 5.41) is 0. The summed E-state index contributed by atoms with van der Waals surface area (Å²) in [4.78, 5) is 0. The Kier molecular flexibility index (Phi) is 3.73. The molecule has 0 unspecified atom stereocenters. The average Bonchev–Trinajstić information content (AvgIpc) is 2.74. The van der Waals surface area contributed by atoms with E-state index in [1.807, 2.05) is 0 Å². The summed E-state index contributed by atoms with van der Waals surface area (Å²) in [6, 6.07) is 2.39. The quantitative estimate of drug-likeness (QED) is 0.802. The lowest BCUT2D eigenvalue weighted by Crippen LogP contribution is -2.18. The highest BCUT2D eigenvalue weighted by Crippen LogP contribution is 2.25. The molecule has 0 aliphatic carbocycles. The fraction of sp³-hybridized carbons (Fsp3) is 0.400. The molecule has 0 spiro atoms. The largest absolute Gasteiger partial charge is 0.485 e. The molecule has 3 nitrogen and oxygen atoms in total. The lowest BCUT2D eigenvalue weighted by Gasteiger charge is -2.12. The van der Waals surface area contributed by atoms with Crippen LogP contribution in [0.5, 0.6) is 5.75 Å². The van der Waals surface area contributed by atoms with E-state index in [-0.39, 0.29) is 12.4 Å². The first-order chi connectivity index (χ1) is 7.66. The van der Waals surface area contributed by atoms with Crippen LogP contribution in [0.15, 0.2) is 16.6 Å². The maximum atomic E-state index is 13.3. The van der Waals surface area contributed by atoms with Gasteiger partial charge in [-0.3, -0.25) is 0 Å². The first kappa shape index (κ1) is 11.8. The van der Waals surface area contributed by atoms with Gasteiger partial charge in [-0.25, -0.2) is 4.39 Å². The number of ether oxygens (including phenoxy) is 3. The third kappa shape index (κ3) is 2.69. The summed E-state index contributed by atoms with van der Waals surface area (Å²) in [7, 11) is 0. The van der Waals surface area contributed by atoms with Crippen LogP contribution in [0.4, 0.5) is 8.78 Å². The van der Waals surface area contributed by atoms with Crippen molar-refractivity contribution in [1.29, 1.82) is 0 Å². The molecule has 1 aliphatic heterocycles. The molecule has 16 heavy (non-hydrogen) atoms. The fourth-order valence-corrected chi connectivity index (χ4v) is 1.71. The molecule has 0 amide bonds. The molecule has 1 aromatic carbocycles. The third-order valence-electron chi connectivity index (χ3n) is 2.03. The van der Waals surface area contributed by atoms with Crippen molar-refractivity contribution in [3.8, 4) is 5.75 Å². The summed E-state index contributed by atoms with van der Waals surface area (Å²) in [6.45, 7) is 1.01. The Labute approximate surface area is 99.4 Å². The Hall–Kier alpha value is -0.720. The van der Waals surface area contributed by atoms with Gasteiger partial charge in [0.1, 0.15) is 6.61 Å². The number of halogens is 3. The zero-order valence-corrected chi connectivity index (χ0v) is 9.80. The van der Waals surface area contributed by atoms with Crippen molar-refractivity contribution in [3.05, 3.63) is 28.2 Å². The van der Waals surface area contributed by atoms with Crippen molar-refractivity contribution in [1.82, 2.24) is 0 Å². The topological polar surface area (TPSA) is 27.7 Å². The van der Waals surface area contributed by atoms with Crippen LogP contribution < -0.4 is 4.74 Å². The summed E-state index contributed by atoms with van der Waals surface area (Å²) in [5.74, 6) is -2.13. The molecule has 1 fully saturated rings. The average molecular weight is 295 g/mol. The highest BCUT2D eigenvalue weighted by Gasteiger charge is 2.18. The van der Waals surface area contributed by atoms with E-state index in [0.717, 1.165) is 6.07 Å². The van der Waals surface area contributed by atoms with Gasteiger partial charge in [0.2, 0.25) is 5.82 Å². The molecule has 6 heteroatoms. The molecule has 0 saturated carbocycles. The van der Waals surface area contributed by atoms with Crippen LogP contribution in [0, 0.1) is 11.6 Å². The Balaban J connectivity index is 2.02. The fourth-order valence-electron chi connectivity index (χ4n) is 1.30.